The Balaban J connectivity index is 1.49. The monoisotopic (exact) mass is 327 g/mol. The van der Waals surface area contributed by atoms with E-state index in [1.807, 2.05) is 24.3 Å². The van der Waals surface area contributed by atoms with Crippen molar-refractivity contribution in [2.75, 3.05) is 39.5 Å². The van der Waals surface area contributed by atoms with E-state index >= 15 is 0 Å². The van der Waals surface area contributed by atoms with Crippen molar-refractivity contribution in [1.82, 2.24) is 4.90 Å². The number of hydrogen-bond donors (Lipinski definition) is 0. The van der Waals surface area contributed by atoms with Crippen molar-refractivity contribution in [3.05, 3.63) is 28.7 Å². The first-order valence-corrected chi connectivity index (χ1v) is 7.82. The number of likely N-dealkylation sites (tertiary alicyclic amines) is 1. The Kier molecular flexibility index (Phi) is 6.68. The van der Waals surface area contributed by atoms with Crippen molar-refractivity contribution >= 4 is 15.9 Å². The Labute approximate surface area is 124 Å². The summed E-state index contributed by atoms with van der Waals surface area (Å²) in [6, 6.07) is 7.87. The third-order valence-corrected chi connectivity index (χ3v) is 3.84. The molecule has 2 rings (SSSR count). The van der Waals surface area contributed by atoms with Crippen LogP contribution in [0.2, 0.25) is 0 Å². The first kappa shape index (κ1) is 14.8. The van der Waals surface area contributed by atoms with E-state index in [-0.39, 0.29) is 0 Å². The first-order chi connectivity index (χ1) is 9.34. The maximum atomic E-state index is 5.61. The zero-order chi connectivity index (χ0) is 13.3. The predicted molar refractivity (Wildman–Crippen MR) is 80.7 cm³/mol. The SMILES string of the molecule is Brc1ccc(OCCOCCN2CCCCC2)cc1. The van der Waals surface area contributed by atoms with E-state index in [1.54, 1.807) is 0 Å². The molecule has 0 bridgehead atoms. The van der Waals surface area contributed by atoms with E-state index in [9.17, 15) is 0 Å². The number of rotatable bonds is 7. The second-order valence-corrected chi connectivity index (χ2v) is 5.73. The van der Waals surface area contributed by atoms with Crippen LogP contribution < -0.4 is 4.74 Å². The molecule has 1 aromatic carbocycles. The van der Waals surface area contributed by atoms with Crippen LogP contribution in [0.5, 0.6) is 5.75 Å². The van der Waals surface area contributed by atoms with Crippen LogP contribution in [0.15, 0.2) is 28.7 Å². The molecule has 0 spiro atoms. The molecule has 3 nitrogen and oxygen atoms in total. The van der Waals surface area contributed by atoms with Gasteiger partial charge in [-0.3, -0.25) is 0 Å². The van der Waals surface area contributed by atoms with E-state index in [4.69, 9.17) is 9.47 Å². The van der Waals surface area contributed by atoms with Crippen LogP contribution in [0.1, 0.15) is 19.3 Å². The lowest BCUT2D eigenvalue weighted by Crippen LogP contribution is -2.32. The predicted octanol–water partition coefficient (Wildman–Crippen LogP) is 3.33. The molecule has 0 atom stereocenters. The largest absolute Gasteiger partial charge is 0.491 e. The van der Waals surface area contributed by atoms with Crippen LogP contribution in [0.25, 0.3) is 0 Å². The summed E-state index contributed by atoms with van der Waals surface area (Å²) >= 11 is 3.40. The Morgan fingerprint density at radius 1 is 0.947 bits per heavy atom. The lowest BCUT2D eigenvalue weighted by molar-refractivity contribution is 0.0750. The van der Waals surface area contributed by atoms with Crippen molar-refractivity contribution in [3.8, 4) is 5.75 Å². The van der Waals surface area contributed by atoms with Crippen LogP contribution >= 0.6 is 15.9 Å². The van der Waals surface area contributed by atoms with Gasteiger partial charge in [-0.05, 0) is 50.2 Å². The molecule has 0 N–H and O–H groups in total. The molecule has 0 unspecified atom stereocenters. The van der Waals surface area contributed by atoms with Crippen LogP contribution in [-0.4, -0.2) is 44.4 Å². The summed E-state index contributed by atoms with van der Waals surface area (Å²) in [4.78, 5) is 2.49. The average molecular weight is 328 g/mol. The molecule has 0 aliphatic carbocycles. The number of halogens is 1. The topological polar surface area (TPSA) is 21.7 Å². The zero-order valence-corrected chi connectivity index (χ0v) is 12.9. The number of ether oxygens (including phenoxy) is 2. The van der Waals surface area contributed by atoms with E-state index in [1.165, 1.54) is 32.4 Å². The molecule has 1 heterocycles. The molecule has 1 aromatic rings. The van der Waals surface area contributed by atoms with Gasteiger partial charge < -0.3 is 14.4 Å². The van der Waals surface area contributed by atoms with E-state index in [0.29, 0.717) is 13.2 Å². The maximum Gasteiger partial charge on any atom is 0.119 e. The van der Waals surface area contributed by atoms with Crippen molar-refractivity contribution in [2.24, 2.45) is 0 Å². The molecule has 1 aliphatic heterocycles. The smallest absolute Gasteiger partial charge is 0.119 e. The highest BCUT2D eigenvalue weighted by atomic mass is 79.9. The van der Waals surface area contributed by atoms with E-state index < -0.39 is 0 Å². The highest BCUT2D eigenvalue weighted by Gasteiger charge is 2.08. The first-order valence-electron chi connectivity index (χ1n) is 7.03. The molecule has 1 aliphatic rings. The van der Waals surface area contributed by atoms with Crippen molar-refractivity contribution < 1.29 is 9.47 Å². The summed E-state index contributed by atoms with van der Waals surface area (Å²) in [6.45, 7) is 5.60. The lowest BCUT2D eigenvalue weighted by atomic mass is 10.1. The molecule has 0 radical (unpaired) electrons. The van der Waals surface area contributed by atoms with Crippen molar-refractivity contribution in [3.63, 3.8) is 0 Å². The Morgan fingerprint density at radius 3 is 2.42 bits per heavy atom. The standard InChI is InChI=1S/C15H22BrNO2/c16-14-4-6-15(7-5-14)19-13-12-18-11-10-17-8-2-1-3-9-17/h4-7H,1-3,8-13H2. The summed E-state index contributed by atoms with van der Waals surface area (Å²) in [7, 11) is 0. The third kappa shape index (κ3) is 5.93. The summed E-state index contributed by atoms with van der Waals surface area (Å²) in [5.74, 6) is 0.892. The molecule has 19 heavy (non-hydrogen) atoms. The van der Waals surface area contributed by atoms with E-state index in [2.05, 4.69) is 20.8 Å². The minimum absolute atomic E-state index is 0.613. The highest BCUT2D eigenvalue weighted by Crippen LogP contribution is 2.15. The lowest BCUT2D eigenvalue weighted by Gasteiger charge is -2.26. The second kappa shape index (κ2) is 8.56. The Morgan fingerprint density at radius 2 is 1.68 bits per heavy atom. The fraction of sp³-hybridized carbons (Fsp3) is 0.600. The number of nitrogens with zero attached hydrogens (tertiary/aromatic N) is 1. The van der Waals surface area contributed by atoms with Gasteiger partial charge in [0.15, 0.2) is 0 Å². The molecule has 106 valence electrons. The summed E-state index contributed by atoms with van der Waals surface area (Å²) in [5.41, 5.74) is 0. The fourth-order valence-corrected chi connectivity index (χ4v) is 2.49. The summed E-state index contributed by atoms with van der Waals surface area (Å²) in [6.07, 6.45) is 4.07. The third-order valence-electron chi connectivity index (χ3n) is 3.31. The maximum absolute atomic E-state index is 5.61. The Bertz CT molecular complexity index is 350. The van der Waals surface area contributed by atoms with Gasteiger partial charge in [0.1, 0.15) is 12.4 Å². The average Bonchev–Trinajstić information content (AvgIpc) is 2.46. The molecule has 4 heteroatoms. The van der Waals surface area contributed by atoms with Gasteiger partial charge in [0.05, 0.1) is 13.2 Å². The minimum Gasteiger partial charge on any atom is -0.491 e. The minimum atomic E-state index is 0.613. The van der Waals surface area contributed by atoms with Gasteiger partial charge in [-0.15, -0.1) is 0 Å². The number of benzene rings is 1. The molecule has 0 saturated carbocycles. The van der Waals surface area contributed by atoms with Gasteiger partial charge in [0.2, 0.25) is 0 Å². The van der Waals surface area contributed by atoms with E-state index in [0.717, 1.165) is 23.4 Å². The van der Waals surface area contributed by atoms with Crippen LogP contribution in [0, 0.1) is 0 Å². The van der Waals surface area contributed by atoms with Gasteiger partial charge in [-0.1, -0.05) is 22.4 Å². The van der Waals surface area contributed by atoms with Crippen LogP contribution in [0.3, 0.4) is 0 Å². The Hall–Kier alpha value is -0.580. The van der Waals surface area contributed by atoms with Crippen LogP contribution in [0.4, 0.5) is 0 Å². The number of hydrogen-bond acceptors (Lipinski definition) is 3. The van der Waals surface area contributed by atoms with Crippen molar-refractivity contribution in [1.29, 1.82) is 0 Å². The van der Waals surface area contributed by atoms with Gasteiger partial charge in [-0.2, -0.15) is 0 Å². The molecule has 0 aromatic heterocycles. The van der Waals surface area contributed by atoms with Crippen molar-refractivity contribution in [2.45, 2.75) is 19.3 Å². The normalized spacial score (nSPS) is 16.5. The summed E-state index contributed by atoms with van der Waals surface area (Å²) in [5, 5.41) is 0. The van der Waals surface area contributed by atoms with Crippen LogP contribution in [-0.2, 0) is 4.74 Å². The van der Waals surface area contributed by atoms with Gasteiger partial charge in [0.25, 0.3) is 0 Å². The molecule has 1 saturated heterocycles. The molecule has 0 amide bonds. The zero-order valence-electron chi connectivity index (χ0n) is 11.3. The highest BCUT2D eigenvalue weighted by molar-refractivity contribution is 9.10. The van der Waals surface area contributed by atoms with Gasteiger partial charge >= 0.3 is 0 Å². The molecular formula is C15H22BrNO2. The molecule has 1 fully saturated rings. The quantitative estimate of drug-likeness (QED) is 0.717. The second-order valence-electron chi connectivity index (χ2n) is 4.82. The summed E-state index contributed by atoms with van der Waals surface area (Å²) < 4.78 is 12.3. The fourth-order valence-electron chi connectivity index (χ4n) is 2.23. The molecular weight excluding hydrogens is 306 g/mol. The van der Waals surface area contributed by atoms with Gasteiger partial charge in [-0.25, -0.2) is 0 Å². The van der Waals surface area contributed by atoms with Gasteiger partial charge in [0, 0.05) is 11.0 Å². The number of piperidine rings is 1.